The monoisotopic (exact) mass is 394 g/mol. The van der Waals surface area contributed by atoms with Crippen LogP contribution >= 0.6 is 15.9 Å². The van der Waals surface area contributed by atoms with Gasteiger partial charge in [-0.05, 0) is 47.5 Å². The summed E-state index contributed by atoms with van der Waals surface area (Å²) in [6.45, 7) is 1.76. The number of carbonyl (C=O) groups excluding carboxylic acids is 1. The van der Waals surface area contributed by atoms with Crippen LogP contribution in [0, 0.1) is 5.41 Å². The van der Waals surface area contributed by atoms with E-state index >= 15 is 0 Å². The molecular formula is C14H14BrF3N2O3. The van der Waals surface area contributed by atoms with E-state index in [2.05, 4.69) is 21.2 Å². The fraction of sp³-hybridized carbons (Fsp3) is 0.429. The number of aliphatic carboxylic acids is 1. The summed E-state index contributed by atoms with van der Waals surface area (Å²) in [5, 5.41) is 11.5. The number of urea groups is 1. The average molecular weight is 395 g/mol. The Balaban J connectivity index is 2.14. The maximum absolute atomic E-state index is 12.7. The van der Waals surface area contributed by atoms with Crippen molar-refractivity contribution < 1.29 is 27.9 Å². The summed E-state index contributed by atoms with van der Waals surface area (Å²) in [7, 11) is 0. The predicted octanol–water partition coefficient (Wildman–Crippen LogP) is 3.80. The lowest BCUT2D eigenvalue weighted by molar-refractivity contribution is -0.147. The quantitative estimate of drug-likeness (QED) is 0.801. The summed E-state index contributed by atoms with van der Waals surface area (Å²) < 4.78 is 38.5. The largest absolute Gasteiger partial charge is 0.481 e. The Labute approximate surface area is 138 Å². The third kappa shape index (κ3) is 3.77. The Hall–Kier alpha value is -1.77. The topological polar surface area (TPSA) is 69.6 Å². The molecule has 1 heterocycles. The maximum Gasteiger partial charge on any atom is 0.416 e. The van der Waals surface area contributed by atoms with E-state index in [-0.39, 0.29) is 18.8 Å². The summed E-state index contributed by atoms with van der Waals surface area (Å²) in [6, 6.07) is 2.30. The van der Waals surface area contributed by atoms with Crippen molar-refractivity contribution >= 4 is 33.6 Å². The molecule has 0 aliphatic carbocycles. The number of benzene rings is 1. The van der Waals surface area contributed by atoms with Crippen molar-refractivity contribution in [2.75, 3.05) is 18.4 Å². The van der Waals surface area contributed by atoms with Crippen molar-refractivity contribution in [3.05, 3.63) is 28.2 Å². The van der Waals surface area contributed by atoms with E-state index in [4.69, 9.17) is 5.11 Å². The van der Waals surface area contributed by atoms with Gasteiger partial charge in [0.15, 0.2) is 0 Å². The summed E-state index contributed by atoms with van der Waals surface area (Å²) in [6.07, 6.45) is -4.23. The van der Waals surface area contributed by atoms with Crippen molar-refractivity contribution in [1.82, 2.24) is 4.90 Å². The molecule has 2 rings (SSSR count). The maximum atomic E-state index is 12.7. The van der Waals surface area contributed by atoms with Crippen molar-refractivity contribution in [3.63, 3.8) is 0 Å². The van der Waals surface area contributed by atoms with Crippen LogP contribution in [0.25, 0.3) is 0 Å². The second-order valence-electron chi connectivity index (χ2n) is 5.66. The molecule has 126 valence electrons. The molecule has 2 N–H and O–H groups in total. The molecule has 1 aromatic carbocycles. The lowest BCUT2D eigenvalue weighted by atomic mass is 9.90. The minimum atomic E-state index is -4.52. The highest BCUT2D eigenvalue weighted by Gasteiger charge is 2.42. The molecule has 1 aliphatic heterocycles. The first-order valence-corrected chi connectivity index (χ1v) is 7.48. The highest BCUT2D eigenvalue weighted by atomic mass is 79.9. The Morgan fingerprint density at radius 2 is 2.04 bits per heavy atom. The summed E-state index contributed by atoms with van der Waals surface area (Å²) >= 11 is 3.09. The Morgan fingerprint density at radius 1 is 1.39 bits per heavy atom. The van der Waals surface area contributed by atoms with E-state index in [1.807, 2.05) is 0 Å². The van der Waals surface area contributed by atoms with Gasteiger partial charge in [0.25, 0.3) is 0 Å². The van der Waals surface area contributed by atoms with Crippen molar-refractivity contribution in [2.45, 2.75) is 19.5 Å². The van der Waals surface area contributed by atoms with Crippen molar-refractivity contribution in [3.8, 4) is 0 Å². The van der Waals surface area contributed by atoms with Gasteiger partial charge in [-0.15, -0.1) is 0 Å². The van der Waals surface area contributed by atoms with Gasteiger partial charge < -0.3 is 15.3 Å². The van der Waals surface area contributed by atoms with Crippen LogP contribution in [0.4, 0.5) is 23.7 Å². The Bertz CT molecular complexity index is 651. The van der Waals surface area contributed by atoms with Crippen LogP contribution in [0.15, 0.2) is 22.7 Å². The Morgan fingerprint density at radius 3 is 2.57 bits per heavy atom. The van der Waals surface area contributed by atoms with Crippen LogP contribution in [-0.2, 0) is 11.0 Å². The molecule has 1 atom stereocenters. The smallest absolute Gasteiger partial charge is 0.416 e. The number of hydrogen-bond donors (Lipinski definition) is 2. The molecule has 0 bridgehead atoms. The molecule has 0 radical (unpaired) electrons. The second kappa shape index (κ2) is 6.03. The van der Waals surface area contributed by atoms with Gasteiger partial charge in [0.1, 0.15) is 0 Å². The molecule has 5 nitrogen and oxygen atoms in total. The number of hydrogen-bond acceptors (Lipinski definition) is 2. The molecule has 23 heavy (non-hydrogen) atoms. The highest BCUT2D eigenvalue weighted by Crippen LogP contribution is 2.35. The molecule has 0 spiro atoms. The number of carboxylic acids is 1. The van der Waals surface area contributed by atoms with Gasteiger partial charge in [0.2, 0.25) is 0 Å². The number of alkyl halides is 3. The molecular weight excluding hydrogens is 381 g/mol. The lowest BCUT2D eigenvalue weighted by Crippen LogP contribution is -2.37. The van der Waals surface area contributed by atoms with Crippen LogP contribution in [0.1, 0.15) is 18.9 Å². The summed E-state index contributed by atoms with van der Waals surface area (Å²) in [5.41, 5.74) is -1.94. The van der Waals surface area contributed by atoms with Crippen molar-refractivity contribution in [2.24, 2.45) is 5.41 Å². The molecule has 1 aliphatic rings. The number of halogens is 4. The van der Waals surface area contributed by atoms with Crippen LogP contribution in [-0.4, -0.2) is 35.1 Å². The SMILES string of the molecule is CC1(C(=O)O)CCN(C(=O)Nc2cc(C(F)(F)F)ccc2Br)C1. The van der Waals surface area contributed by atoms with Gasteiger partial charge in [-0.2, -0.15) is 13.2 Å². The number of amides is 2. The second-order valence-corrected chi connectivity index (χ2v) is 6.51. The van der Waals surface area contributed by atoms with E-state index in [0.717, 1.165) is 12.1 Å². The van der Waals surface area contributed by atoms with Crippen LogP contribution in [0.2, 0.25) is 0 Å². The lowest BCUT2D eigenvalue weighted by Gasteiger charge is -2.21. The number of likely N-dealkylation sites (tertiary alicyclic amines) is 1. The summed E-state index contributed by atoms with van der Waals surface area (Å²) in [4.78, 5) is 24.6. The fourth-order valence-corrected chi connectivity index (χ4v) is 2.65. The molecule has 1 fully saturated rings. The van der Waals surface area contributed by atoms with Gasteiger partial charge in [-0.25, -0.2) is 4.79 Å². The molecule has 0 aromatic heterocycles. The number of nitrogens with zero attached hydrogens (tertiary/aromatic N) is 1. The van der Waals surface area contributed by atoms with Gasteiger partial charge in [-0.1, -0.05) is 0 Å². The first-order chi connectivity index (χ1) is 10.5. The molecule has 2 amide bonds. The van der Waals surface area contributed by atoms with E-state index in [1.54, 1.807) is 0 Å². The normalized spacial score (nSPS) is 21.3. The summed E-state index contributed by atoms with van der Waals surface area (Å²) in [5.74, 6) is -1.01. The number of nitrogens with one attached hydrogen (secondary N) is 1. The fourth-order valence-electron chi connectivity index (χ4n) is 2.30. The molecule has 9 heteroatoms. The number of anilines is 1. The van der Waals surface area contributed by atoms with Gasteiger partial charge in [0, 0.05) is 17.6 Å². The first-order valence-electron chi connectivity index (χ1n) is 6.69. The highest BCUT2D eigenvalue weighted by molar-refractivity contribution is 9.10. The van der Waals surface area contributed by atoms with E-state index in [1.165, 1.54) is 17.9 Å². The number of rotatable bonds is 2. The zero-order valence-corrected chi connectivity index (χ0v) is 13.7. The average Bonchev–Trinajstić information content (AvgIpc) is 2.84. The molecule has 0 saturated carbocycles. The molecule has 1 saturated heterocycles. The zero-order chi connectivity index (χ0) is 17.4. The zero-order valence-electron chi connectivity index (χ0n) is 12.1. The Kier molecular flexibility index (Phi) is 4.61. The predicted molar refractivity (Wildman–Crippen MR) is 80.1 cm³/mol. The van der Waals surface area contributed by atoms with E-state index in [0.29, 0.717) is 10.9 Å². The van der Waals surface area contributed by atoms with E-state index < -0.39 is 29.2 Å². The first kappa shape index (κ1) is 17.6. The van der Waals surface area contributed by atoms with Gasteiger partial charge >= 0.3 is 18.2 Å². The van der Waals surface area contributed by atoms with Crippen LogP contribution in [0.3, 0.4) is 0 Å². The minimum Gasteiger partial charge on any atom is -0.481 e. The van der Waals surface area contributed by atoms with E-state index in [9.17, 15) is 22.8 Å². The number of carboxylic acid groups (broad SMARTS) is 1. The van der Waals surface area contributed by atoms with Gasteiger partial charge in [0.05, 0.1) is 16.7 Å². The minimum absolute atomic E-state index is 0.00471. The standard InChI is InChI=1S/C14H14BrF3N2O3/c1-13(11(21)22)4-5-20(7-13)12(23)19-10-6-8(14(16,17)18)2-3-9(10)15/h2-3,6H,4-5,7H2,1H3,(H,19,23)(H,21,22). The van der Waals surface area contributed by atoms with Crippen LogP contribution in [0.5, 0.6) is 0 Å². The molecule has 1 unspecified atom stereocenters. The van der Waals surface area contributed by atoms with Crippen LogP contribution < -0.4 is 5.32 Å². The number of carbonyl (C=O) groups is 2. The third-order valence-corrected chi connectivity index (χ3v) is 4.50. The van der Waals surface area contributed by atoms with Crippen molar-refractivity contribution in [1.29, 1.82) is 0 Å². The van der Waals surface area contributed by atoms with Gasteiger partial charge in [-0.3, -0.25) is 4.79 Å². The molecule has 1 aromatic rings. The third-order valence-electron chi connectivity index (χ3n) is 3.81.